The predicted octanol–water partition coefficient (Wildman–Crippen LogP) is 3.77. The van der Waals surface area contributed by atoms with Gasteiger partial charge in [-0.1, -0.05) is 25.5 Å². The van der Waals surface area contributed by atoms with Crippen molar-refractivity contribution in [1.29, 1.82) is 0 Å². The normalized spacial score (nSPS) is 36.1. The monoisotopic (exact) mass is 402 g/mol. The molecule has 0 unspecified atom stereocenters. The van der Waals surface area contributed by atoms with E-state index < -0.39 is 10.0 Å². The lowest BCUT2D eigenvalue weighted by Crippen LogP contribution is -2.60. The fourth-order valence-electron chi connectivity index (χ4n) is 7.00. The van der Waals surface area contributed by atoms with Crippen LogP contribution in [-0.2, 0) is 16.4 Å². The summed E-state index contributed by atoms with van der Waals surface area (Å²) in [6, 6.07) is 8.27. The lowest BCUT2D eigenvalue weighted by molar-refractivity contribution is -0.0720. The molecule has 1 aliphatic heterocycles. The number of hydrogen-bond acceptors (Lipinski definition) is 3. The summed E-state index contributed by atoms with van der Waals surface area (Å²) in [5.41, 5.74) is 1.22. The summed E-state index contributed by atoms with van der Waals surface area (Å²) in [6.07, 6.45) is 9.30. The number of hydrogen-bond donors (Lipinski definition) is 0. The summed E-state index contributed by atoms with van der Waals surface area (Å²) < 4.78 is 27.9. The first-order valence-electron chi connectivity index (χ1n) is 11.4. The number of nitrogens with zero attached hydrogens (tertiary/aromatic N) is 2. The summed E-state index contributed by atoms with van der Waals surface area (Å²) in [7, 11) is -3.36. The molecule has 0 N–H and O–H groups in total. The van der Waals surface area contributed by atoms with Crippen LogP contribution >= 0.6 is 0 Å². The van der Waals surface area contributed by atoms with E-state index in [-0.39, 0.29) is 0 Å². The van der Waals surface area contributed by atoms with Crippen molar-refractivity contribution in [2.45, 2.75) is 62.8 Å². The van der Waals surface area contributed by atoms with Gasteiger partial charge < -0.3 is 0 Å². The molecule has 6 rings (SSSR count). The van der Waals surface area contributed by atoms with Gasteiger partial charge in [-0.05, 0) is 79.9 Å². The van der Waals surface area contributed by atoms with E-state index in [1.165, 1.54) is 37.7 Å². The highest BCUT2D eigenvalue weighted by atomic mass is 32.2. The second-order valence-electron chi connectivity index (χ2n) is 9.76. The average molecular weight is 403 g/mol. The first-order chi connectivity index (χ1) is 13.5. The van der Waals surface area contributed by atoms with Gasteiger partial charge in [0, 0.05) is 32.2 Å². The van der Waals surface area contributed by atoms with Crippen molar-refractivity contribution in [3.63, 3.8) is 0 Å². The number of benzene rings is 1. The number of piperazine rings is 1. The minimum atomic E-state index is -3.36. The van der Waals surface area contributed by atoms with E-state index in [0.29, 0.717) is 18.0 Å². The lowest BCUT2D eigenvalue weighted by Gasteiger charge is -2.58. The van der Waals surface area contributed by atoms with Crippen LogP contribution in [0.1, 0.15) is 51.0 Å². The molecule has 28 heavy (non-hydrogen) atoms. The van der Waals surface area contributed by atoms with E-state index in [1.807, 2.05) is 12.1 Å². The van der Waals surface area contributed by atoms with Crippen molar-refractivity contribution in [2.75, 3.05) is 26.2 Å². The maximum Gasteiger partial charge on any atom is 0.243 e. The van der Waals surface area contributed by atoms with Gasteiger partial charge in [0.05, 0.1) is 4.90 Å². The molecule has 4 bridgehead atoms. The Balaban J connectivity index is 1.24. The van der Waals surface area contributed by atoms with Crippen molar-refractivity contribution in [3.05, 3.63) is 29.8 Å². The Hall–Kier alpha value is -0.910. The second-order valence-corrected chi connectivity index (χ2v) is 11.7. The average Bonchev–Trinajstić information content (AvgIpc) is 2.68. The van der Waals surface area contributed by atoms with Gasteiger partial charge >= 0.3 is 0 Å². The molecule has 0 amide bonds. The molecule has 0 atom stereocenters. The lowest BCUT2D eigenvalue weighted by atomic mass is 9.54. The molecule has 0 aromatic heterocycles. The van der Waals surface area contributed by atoms with Crippen LogP contribution in [-0.4, -0.2) is 49.8 Å². The van der Waals surface area contributed by atoms with Crippen LogP contribution in [0.2, 0.25) is 0 Å². The molecule has 4 aliphatic carbocycles. The van der Waals surface area contributed by atoms with Crippen LogP contribution < -0.4 is 0 Å². The van der Waals surface area contributed by atoms with Gasteiger partial charge in [0.1, 0.15) is 0 Å². The molecule has 5 heteroatoms. The Labute approximate surface area is 170 Å². The topological polar surface area (TPSA) is 40.6 Å². The molecule has 0 radical (unpaired) electrons. The zero-order chi connectivity index (χ0) is 19.3. The smallest absolute Gasteiger partial charge is 0.243 e. The Morgan fingerprint density at radius 1 is 0.857 bits per heavy atom. The van der Waals surface area contributed by atoms with Gasteiger partial charge in [0.25, 0.3) is 0 Å². The third-order valence-corrected chi connectivity index (χ3v) is 9.88. The van der Waals surface area contributed by atoms with Gasteiger partial charge in [-0.15, -0.1) is 0 Å². The van der Waals surface area contributed by atoms with E-state index in [2.05, 4.69) is 11.8 Å². The molecule has 1 aromatic rings. The van der Waals surface area contributed by atoms with E-state index >= 15 is 0 Å². The van der Waals surface area contributed by atoms with E-state index in [4.69, 9.17) is 0 Å². The predicted molar refractivity (Wildman–Crippen MR) is 112 cm³/mol. The Bertz CT molecular complexity index is 768. The molecular formula is C23H34N2O2S. The van der Waals surface area contributed by atoms with E-state index in [9.17, 15) is 8.42 Å². The van der Waals surface area contributed by atoms with Crippen molar-refractivity contribution in [2.24, 2.45) is 23.7 Å². The summed E-state index contributed by atoms with van der Waals surface area (Å²) in [6.45, 7) is 5.23. The molecule has 5 fully saturated rings. The Morgan fingerprint density at radius 3 is 1.96 bits per heavy atom. The number of rotatable bonds is 5. The maximum absolute atomic E-state index is 13.1. The highest BCUT2D eigenvalue weighted by molar-refractivity contribution is 7.89. The van der Waals surface area contributed by atoms with Gasteiger partial charge in [-0.3, -0.25) is 4.90 Å². The van der Waals surface area contributed by atoms with Crippen LogP contribution in [0.3, 0.4) is 0 Å². The second kappa shape index (κ2) is 7.41. The standard InChI is InChI=1S/C23H34N2O2S/c1-2-3-17-4-6-22(7-5-17)28(26,27)25-10-8-24(9-11-25)23-20-13-18-12-19(15-20)16-21(23)14-18/h4-7,18-21,23H,2-3,8-16H2,1H3. The number of aryl methyl sites for hydroxylation is 1. The van der Waals surface area contributed by atoms with Gasteiger partial charge in [0.15, 0.2) is 0 Å². The van der Waals surface area contributed by atoms with Crippen LogP contribution in [0.25, 0.3) is 0 Å². The molecule has 4 saturated carbocycles. The molecule has 5 aliphatic rings. The summed E-state index contributed by atoms with van der Waals surface area (Å²) in [5.74, 6) is 3.75. The fraction of sp³-hybridized carbons (Fsp3) is 0.739. The highest BCUT2D eigenvalue weighted by Crippen LogP contribution is 2.55. The SMILES string of the molecule is CCCc1ccc(S(=O)(=O)N2CCN(C3C4CC5CC(C4)CC3C5)CC2)cc1. The van der Waals surface area contributed by atoms with Crippen LogP contribution in [0.5, 0.6) is 0 Å². The molecule has 154 valence electrons. The van der Waals surface area contributed by atoms with Crippen LogP contribution in [0.4, 0.5) is 0 Å². The van der Waals surface area contributed by atoms with Crippen molar-refractivity contribution < 1.29 is 8.42 Å². The minimum absolute atomic E-state index is 0.454. The third kappa shape index (κ3) is 3.33. The van der Waals surface area contributed by atoms with Gasteiger partial charge in [-0.25, -0.2) is 8.42 Å². The fourth-order valence-corrected chi connectivity index (χ4v) is 8.42. The first kappa shape index (κ1) is 19.1. The van der Waals surface area contributed by atoms with Gasteiger partial charge in [0.2, 0.25) is 10.0 Å². The largest absolute Gasteiger partial charge is 0.297 e. The summed E-state index contributed by atoms with van der Waals surface area (Å²) in [4.78, 5) is 3.11. The highest BCUT2D eigenvalue weighted by Gasteiger charge is 2.50. The first-order valence-corrected chi connectivity index (χ1v) is 12.8. The molecular weight excluding hydrogens is 368 g/mol. The summed E-state index contributed by atoms with van der Waals surface area (Å²) >= 11 is 0. The maximum atomic E-state index is 13.1. The van der Waals surface area contributed by atoms with Crippen molar-refractivity contribution in [1.82, 2.24) is 9.21 Å². The molecule has 1 heterocycles. The van der Waals surface area contributed by atoms with E-state index in [1.54, 1.807) is 16.4 Å². The number of sulfonamides is 1. The van der Waals surface area contributed by atoms with Crippen LogP contribution in [0, 0.1) is 23.7 Å². The summed E-state index contributed by atoms with van der Waals surface area (Å²) in [5, 5.41) is 0. The molecule has 1 saturated heterocycles. The molecule has 1 aromatic carbocycles. The van der Waals surface area contributed by atoms with Crippen molar-refractivity contribution >= 4 is 10.0 Å². The third-order valence-electron chi connectivity index (χ3n) is 7.97. The quantitative estimate of drug-likeness (QED) is 0.753. The molecule has 4 nitrogen and oxygen atoms in total. The van der Waals surface area contributed by atoms with Gasteiger partial charge in [-0.2, -0.15) is 4.31 Å². The van der Waals surface area contributed by atoms with E-state index in [0.717, 1.165) is 55.6 Å². The minimum Gasteiger partial charge on any atom is -0.297 e. The Morgan fingerprint density at radius 2 is 1.43 bits per heavy atom. The zero-order valence-corrected chi connectivity index (χ0v) is 17.9. The Kier molecular flexibility index (Phi) is 5.05. The van der Waals surface area contributed by atoms with Crippen LogP contribution in [0.15, 0.2) is 29.2 Å². The van der Waals surface area contributed by atoms with Crippen molar-refractivity contribution in [3.8, 4) is 0 Å². The zero-order valence-electron chi connectivity index (χ0n) is 17.1. The molecule has 0 spiro atoms.